The van der Waals surface area contributed by atoms with Gasteiger partial charge in [-0.25, -0.2) is 4.39 Å². The minimum atomic E-state index is -0.296. The summed E-state index contributed by atoms with van der Waals surface area (Å²) in [7, 11) is 1.72. The van der Waals surface area contributed by atoms with E-state index in [2.05, 4.69) is 0 Å². The Morgan fingerprint density at radius 3 is 2.81 bits per heavy atom. The first-order valence-electron chi connectivity index (χ1n) is 7.86. The largest absolute Gasteiger partial charge is 0.487 e. The van der Waals surface area contributed by atoms with Crippen LogP contribution in [0.25, 0.3) is 0 Å². The molecule has 1 aliphatic carbocycles. The summed E-state index contributed by atoms with van der Waals surface area (Å²) in [5.41, 5.74) is 6.87. The van der Waals surface area contributed by atoms with Crippen LogP contribution in [-0.4, -0.2) is 25.4 Å². The fourth-order valence-corrected chi connectivity index (χ4v) is 2.86. The lowest BCUT2D eigenvalue weighted by Crippen LogP contribution is -2.30. The molecule has 2 rings (SSSR count). The molecular weight excluding hydrogens is 269 g/mol. The van der Waals surface area contributed by atoms with Crippen LogP contribution in [0.2, 0.25) is 0 Å². The van der Waals surface area contributed by atoms with Crippen LogP contribution >= 0.6 is 0 Å². The lowest BCUT2D eigenvalue weighted by Gasteiger charge is -2.29. The average molecular weight is 295 g/mol. The van der Waals surface area contributed by atoms with E-state index in [4.69, 9.17) is 15.2 Å². The van der Waals surface area contributed by atoms with Gasteiger partial charge in [-0.05, 0) is 43.7 Å². The van der Waals surface area contributed by atoms with Gasteiger partial charge in [0.05, 0.1) is 6.10 Å². The van der Waals surface area contributed by atoms with Gasteiger partial charge in [-0.3, -0.25) is 0 Å². The Kier molecular flexibility index (Phi) is 6.00. The van der Waals surface area contributed by atoms with Gasteiger partial charge < -0.3 is 15.2 Å². The van der Waals surface area contributed by atoms with E-state index in [0.717, 1.165) is 37.7 Å². The quantitative estimate of drug-likeness (QED) is 0.874. The number of ether oxygens (including phenoxy) is 2. The third-order valence-corrected chi connectivity index (χ3v) is 4.25. The van der Waals surface area contributed by atoms with Gasteiger partial charge in [-0.15, -0.1) is 0 Å². The van der Waals surface area contributed by atoms with Gasteiger partial charge in [0.15, 0.2) is 11.6 Å². The molecule has 118 valence electrons. The van der Waals surface area contributed by atoms with Crippen molar-refractivity contribution < 1.29 is 13.9 Å². The Morgan fingerprint density at radius 1 is 1.33 bits per heavy atom. The first kappa shape index (κ1) is 16.2. The molecule has 1 aliphatic rings. The molecule has 0 spiro atoms. The third kappa shape index (κ3) is 4.42. The van der Waals surface area contributed by atoms with Gasteiger partial charge >= 0.3 is 0 Å². The fraction of sp³-hybridized carbons (Fsp3) is 0.647. The molecule has 1 saturated carbocycles. The summed E-state index contributed by atoms with van der Waals surface area (Å²) < 4.78 is 25.5. The first-order valence-corrected chi connectivity index (χ1v) is 7.86. The van der Waals surface area contributed by atoms with Gasteiger partial charge in [0.25, 0.3) is 0 Å². The van der Waals surface area contributed by atoms with Gasteiger partial charge in [0.2, 0.25) is 0 Å². The standard InChI is InChI=1S/C17H26FNO2/c1-3-13(19)10-12-6-4-9-16(18)17(12)21-15-8-5-7-14(11-15)20-2/h4,6,9,13-15H,3,5,7-8,10-11,19H2,1-2H3. The number of methoxy groups -OCH3 is 1. The van der Waals surface area contributed by atoms with E-state index >= 15 is 0 Å². The Balaban J connectivity index is 2.10. The zero-order valence-corrected chi connectivity index (χ0v) is 13.0. The van der Waals surface area contributed by atoms with Crippen LogP contribution in [0.15, 0.2) is 18.2 Å². The maximum Gasteiger partial charge on any atom is 0.165 e. The highest BCUT2D eigenvalue weighted by Crippen LogP contribution is 2.30. The van der Waals surface area contributed by atoms with E-state index in [9.17, 15) is 4.39 Å². The molecule has 3 unspecified atom stereocenters. The van der Waals surface area contributed by atoms with Crippen LogP contribution in [0.1, 0.15) is 44.6 Å². The molecule has 0 saturated heterocycles. The summed E-state index contributed by atoms with van der Waals surface area (Å²) >= 11 is 0. The Bertz CT molecular complexity index is 452. The minimum absolute atomic E-state index is 0.0252. The van der Waals surface area contributed by atoms with Crippen molar-refractivity contribution in [2.24, 2.45) is 5.73 Å². The van der Waals surface area contributed by atoms with Crippen LogP contribution in [0.4, 0.5) is 4.39 Å². The van der Waals surface area contributed by atoms with Crippen molar-refractivity contribution in [2.75, 3.05) is 7.11 Å². The van der Waals surface area contributed by atoms with E-state index < -0.39 is 0 Å². The molecular formula is C17H26FNO2. The van der Waals surface area contributed by atoms with Crippen molar-refractivity contribution in [1.82, 2.24) is 0 Å². The Morgan fingerprint density at radius 2 is 2.10 bits per heavy atom. The number of nitrogens with two attached hydrogens (primary N) is 1. The summed E-state index contributed by atoms with van der Waals surface area (Å²) in [5, 5.41) is 0. The summed E-state index contributed by atoms with van der Waals surface area (Å²) in [6.45, 7) is 2.04. The molecule has 0 aromatic heterocycles. The SMILES string of the molecule is CCC(N)Cc1cccc(F)c1OC1CCCC(OC)C1. The lowest BCUT2D eigenvalue weighted by molar-refractivity contribution is 0.0194. The Hall–Kier alpha value is -1.13. The van der Waals surface area contributed by atoms with Crippen molar-refractivity contribution in [1.29, 1.82) is 0 Å². The molecule has 0 amide bonds. The van der Waals surface area contributed by atoms with Gasteiger partial charge in [-0.1, -0.05) is 19.1 Å². The summed E-state index contributed by atoms with van der Waals surface area (Å²) in [6.07, 6.45) is 5.64. The maximum absolute atomic E-state index is 14.1. The van der Waals surface area contributed by atoms with Crippen LogP contribution in [0, 0.1) is 5.82 Å². The van der Waals surface area contributed by atoms with Crippen LogP contribution < -0.4 is 10.5 Å². The van der Waals surface area contributed by atoms with E-state index in [1.807, 2.05) is 13.0 Å². The van der Waals surface area contributed by atoms with Gasteiger partial charge in [0, 0.05) is 19.6 Å². The topological polar surface area (TPSA) is 44.5 Å². The fourth-order valence-electron chi connectivity index (χ4n) is 2.86. The van der Waals surface area contributed by atoms with E-state index in [0.29, 0.717) is 12.2 Å². The number of hydrogen-bond donors (Lipinski definition) is 1. The molecule has 0 bridgehead atoms. The van der Waals surface area contributed by atoms with Crippen molar-refractivity contribution in [3.05, 3.63) is 29.6 Å². The maximum atomic E-state index is 14.1. The normalized spacial score (nSPS) is 23.8. The molecule has 0 radical (unpaired) electrons. The zero-order valence-electron chi connectivity index (χ0n) is 13.0. The molecule has 1 aromatic rings. The van der Waals surface area contributed by atoms with Crippen LogP contribution in [0.3, 0.4) is 0 Å². The third-order valence-electron chi connectivity index (χ3n) is 4.25. The highest BCUT2D eigenvalue weighted by Gasteiger charge is 2.25. The second-order valence-electron chi connectivity index (χ2n) is 5.86. The number of rotatable bonds is 6. The van der Waals surface area contributed by atoms with Gasteiger partial charge in [0.1, 0.15) is 6.10 Å². The molecule has 0 heterocycles. The van der Waals surface area contributed by atoms with E-state index in [1.54, 1.807) is 13.2 Å². The second kappa shape index (κ2) is 7.76. The molecule has 1 fully saturated rings. The van der Waals surface area contributed by atoms with Crippen LogP contribution in [-0.2, 0) is 11.2 Å². The van der Waals surface area contributed by atoms with Crippen molar-refractivity contribution in [3.63, 3.8) is 0 Å². The molecule has 1 aromatic carbocycles. The highest BCUT2D eigenvalue weighted by molar-refractivity contribution is 5.36. The smallest absolute Gasteiger partial charge is 0.165 e. The van der Waals surface area contributed by atoms with E-state index in [1.165, 1.54) is 6.07 Å². The lowest BCUT2D eigenvalue weighted by atomic mass is 9.94. The van der Waals surface area contributed by atoms with E-state index in [-0.39, 0.29) is 24.1 Å². The zero-order chi connectivity index (χ0) is 15.2. The molecule has 2 N–H and O–H groups in total. The predicted molar refractivity (Wildman–Crippen MR) is 82.1 cm³/mol. The number of para-hydroxylation sites is 1. The van der Waals surface area contributed by atoms with Gasteiger partial charge in [-0.2, -0.15) is 0 Å². The number of halogens is 1. The molecule has 3 atom stereocenters. The molecule has 4 heteroatoms. The number of benzene rings is 1. The van der Waals surface area contributed by atoms with Crippen molar-refractivity contribution in [3.8, 4) is 5.75 Å². The molecule has 0 aliphatic heterocycles. The summed E-state index contributed by atoms with van der Waals surface area (Å²) in [4.78, 5) is 0. The minimum Gasteiger partial charge on any atom is -0.487 e. The monoisotopic (exact) mass is 295 g/mol. The first-order chi connectivity index (χ1) is 10.1. The second-order valence-corrected chi connectivity index (χ2v) is 5.86. The Labute approximate surface area is 126 Å². The van der Waals surface area contributed by atoms with Crippen LogP contribution in [0.5, 0.6) is 5.75 Å². The average Bonchev–Trinajstić information content (AvgIpc) is 2.50. The number of hydrogen-bond acceptors (Lipinski definition) is 3. The summed E-state index contributed by atoms with van der Waals surface area (Å²) in [6, 6.07) is 5.11. The molecule has 21 heavy (non-hydrogen) atoms. The van der Waals surface area contributed by atoms with Crippen molar-refractivity contribution in [2.45, 2.75) is 63.7 Å². The summed E-state index contributed by atoms with van der Waals surface area (Å²) in [5.74, 6) is 0.0819. The predicted octanol–water partition coefficient (Wildman–Crippen LogP) is 3.44. The molecule has 3 nitrogen and oxygen atoms in total. The van der Waals surface area contributed by atoms with Crippen molar-refractivity contribution >= 4 is 0 Å². The highest BCUT2D eigenvalue weighted by atomic mass is 19.1.